The van der Waals surface area contributed by atoms with Crippen molar-refractivity contribution >= 4 is 5.91 Å². The highest BCUT2D eigenvalue weighted by molar-refractivity contribution is 5.81. The summed E-state index contributed by atoms with van der Waals surface area (Å²) in [6.45, 7) is 9.93. The Hall–Kier alpha value is -0.650. The molecule has 1 fully saturated rings. The number of rotatable bonds is 6. The Bertz CT molecular complexity index is 230. The number of hydrogen-bond acceptors (Lipinski definition) is 4. The normalized spacial score (nSPS) is 20.1. The van der Waals surface area contributed by atoms with Gasteiger partial charge >= 0.3 is 0 Å². The molecule has 1 heterocycles. The van der Waals surface area contributed by atoms with E-state index in [0.29, 0.717) is 39.5 Å². The molecule has 0 spiro atoms. The third-order valence-corrected chi connectivity index (χ3v) is 2.80. The summed E-state index contributed by atoms with van der Waals surface area (Å²) in [5, 5.41) is 3.25. The maximum absolute atomic E-state index is 12.1. The molecule has 2 unspecified atom stereocenters. The predicted molar refractivity (Wildman–Crippen MR) is 66.0 cm³/mol. The zero-order valence-electron chi connectivity index (χ0n) is 11.1. The van der Waals surface area contributed by atoms with Gasteiger partial charge in [0.05, 0.1) is 25.9 Å². The van der Waals surface area contributed by atoms with E-state index in [9.17, 15) is 4.79 Å². The number of morpholine rings is 1. The Morgan fingerprint density at radius 2 is 2.06 bits per heavy atom. The van der Waals surface area contributed by atoms with Crippen molar-refractivity contribution in [2.24, 2.45) is 0 Å². The fourth-order valence-electron chi connectivity index (χ4n) is 1.90. The van der Waals surface area contributed by atoms with E-state index in [-0.39, 0.29) is 18.0 Å². The van der Waals surface area contributed by atoms with E-state index in [1.807, 2.05) is 25.7 Å². The van der Waals surface area contributed by atoms with Crippen LogP contribution in [0.3, 0.4) is 0 Å². The first kappa shape index (κ1) is 14.4. The summed E-state index contributed by atoms with van der Waals surface area (Å²) < 4.78 is 10.5. The van der Waals surface area contributed by atoms with Crippen molar-refractivity contribution in [3.63, 3.8) is 0 Å². The molecule has 0 bridgehead atoms. The fourth-order valence-corrected chi connectivity index (χ4v) is 1.90. The van der Waals surface area contributed by atoms with E-state index in [2.05, 4.69) is 5.32 Å². The molecule has 100 valence electrons. The van der Waals surface area contributed by atoms with Gasteiger partial charge in [0.1, 0.15) is 0 Å². The lowest BCUT2D eigenvalue weighted by Crippen LogP contribution is -2.51. The summed E-state index contributed by atoms with van der Waals surface area (Å²) in [6, 6.07) is 0.0264. The second-order valence-electron chi connectivity index (χ2n) is 4.39. The Labute approximate surface area is 103 Å². The van der Waals surface area contributed by atoms with E-state index in [1.54, 1.807) is 0 Å². The van der Waals surface area contributed by atoms with Crippen LogP contribution in [-0.4, -0.2) is 62.4 Å². The van der Waals surface area contributed by atoms with Gasteiger partial charge in [0.2, 0.25) is 5.91 Å². The van der Waals surface area contributed by atoms with Crippen LogP contribution in [-0.2, 0) is 14.3 Å². The highest BCUT2D eigenvalue weighted by atomic mass is 16.5. The number of nitrogens with zero attached hydrogens (tertiary/aromatic N) is 1. The van der Waals surface area contributed by atoms with Gasteiger partial charge < -0.3 is 19.7 Å². The Morgan fingerprint density at radius 1 is 1.41 bits per heavy atom. The van der Waals surface area contributed by atoms with Crippen LogP contribution in [0.1, 0.15) is 20.8 Å². The number of carbonyl (C=O) groups excluding carboxylic acids is 1. The highest BCUT2D eigenvalue weighted by Gasteiger charge is 2.23. The molecule has 1 saturated heterocycles. The monoisotopic (exact) mass is 244 g/mol. The van der Waals surface area contributed by atoms with Crippen molar-refractivity contribution in [2.75, 3.05) is 39.5 Å². The minimum Gasteiger partial charge on any atom is -0.380 e. The molecule has 5 heteroatoms. The quantitative estimate of drug-likeness (QED) is 0.727. The molecule has 2 atom stereocenters. The topological polar surface area (TPSA) is 50.8 Å². The zero-order valence-corrected chi connectivity index (χ0v) is 11.1. The van der Waals surface area contributed by atoms with Crippen molar-refractivity contribution in [3.05, 3.63) is 0 Å². The second-order valence-corrected chi connectivity index (χ2v) is 4.39. The molecule has 1 rings (SSSR count). The van der Waals surface area contributed by atoms with E-state index >= 15 is 0 Å². The van der Waals surface area contributed by atoms with Crippen LogP contribution >= 0.6 is 0 Å². The third kappa shape index (κ3) is 5.02. The number of amides is 1. The molecule has 0 saturated carbocycles. The number of hydrogen-bond donors (Lipinski definition) is 1. The fraction of sp³-hybridized carbons (Fsp3) is 0.917. The van der Waals surface area contributed by atoms with E-state index < -0.39 is 0 Å². The molecular weight excluding hydrogens is 220 g/mol. The van der Waals surface area contributed by atoms with E-state index in [0.717, 1.165) is 0 Å². The van der Waals surface area contributed by atoms with Crippen molar-refractivity contribution in [3.8, 4) is 0 Å². The Kier molecular flexibility index (Phi) is 6.47. The SMILES string of the molecule is CCOCC(C)NC(C)C(=O)N1CCOCC1. The molecule has 0 aromatic rings. The van der Waals surface area contributed by atoms with Crippen LogP contribution in [0.15, 0.2) is 0 Å². The maximum Gasteiger partial charge on any atom is 0.239 e. The van der Waals surface area contributed by atoms with Gasteiger partial charge in [-0.3, -0.25) is 4.79 Å². The van der Waals surface area contributed by atoms with Gasteiger partial charge in [-0.1, -0.05) is 0 Å². The molecule has 1 aliphatic rings. The molecule has 0 aliphatic carbocycles. The summed E-state index contributed by atoms with van der Waals surface area (Å²) in [6.07, 6.45) is 0. The van der Waals surface area contributed by atoms with Crippen LogP contribution in [0.4, 0.5) is 0 Å². The first-order chi connectivity index (χ1) is 8.15. The highest BCUT2D eigenvalue weighted by Crippen LogP contribution is 2.01. The second kappa shape index (κ2) is 7.63. The summed E-state index contributed by atoms with van der Waals surface area (Å²) in [5.74, 6) is 0.150. The van der Waals surface area contributed by atoms with Gasteiger partial charge in [0, 0.05) is 25.7 Å². The van der Waals surface area contributed by atoms with Crippen molar-refractivity contribution < 1.29 is 14.3 Å². The van der Waals surface area contributed by atoms with Crippen molar-refractivity contribution in [2.45, 2.75) is 32.9 Å². The number of carbonyl (C=O) groups is 1. The summed E-state index contributed by atoms with van der Waals surface area (Å²) >= 11 is 0. The van der Waals surface area contributed by atoms with Crippen LogP contribution in [0.25, 0.3) is 0 Å². The lowest BCUT2D eigenvalue weighted by Gasteiger charge is -2.30. The van der Waals surface area contributed by atoms with Gasteiger partial charge in [0.15, 0.2) is 0 Å². The first-order valence-electron chi connectivity index (χ1n) is 6.35. The summed E-state index contributed by atoms with van der Waals surface area (Å²) in [7, 11) is 0. The smallest absolute Gasteiger partial charge is 0.239 e. The Balaban J connectivity index is 2.29. The molecule has 0 aromatic carbocycles. The molecule has 1 aliphatic heterocycles. The average molecular weight is 244 g/mol. The number of nitrogens with one attached hydrogen (secondary N) is 1. The van der Waals surface area contributed by atoms with Crippen LogP contribution < -0.4 is 5.32 Å². The van der Waals surface area contributed by atoms with Crippen LogP contribution in [0.2, 0.25) is 0 Å². The largest absolute Gasteiger partial charge is 0.380 e. The maximum atomic E-state index is 12.1. The minimum atomic E-state index is -0.163. The van der Waals surface area contributed by atoms with Gasteiger partial charge in [-0.2, -0.15) is 0 Å². The lowest BCUT2D eigenvalue weighted by atomic mass is 10.2. The molecule has 0 radical (unpaired) electrons. The summed E-state index contributed by atoms with van der Waals surface area (Å²) in [4.78, 5) is 13.9. The molecular formula is C12H24N2O3. The minimum absolute atomic E-state index is 0.150. The lowest BCUT2D eigenvalue weighted by molar-refractivity contribution is -0.137. The molecule has 17 heavy (non-hydrogen) atoms. The zero-order chi connectivity index (χ0) is 12.7. The van der Waals surface area contributed by atoms with Crippen molar-refractivity contribution in [1.29, 1.82) is 0 Å². The first-order valence-corrected chi connectivity index (χ1v) is 6.35. The van der Waals surface area contributed by atoms with Gasteiger partial charge in [-0.25, -0.2) is 0 Å². The van der Waals surface area contributed by atoms with Crippen LogP contribution in [0, 0.1) is 0 Å². The molecule has 0 aromatic heterocycles. The van der Waals surface area contributed by atoms with Crippen molar-refractivity contribution in [1.82, 2.24) is 10.2 Å². The van der Waals surface area contributed by atoms with Gasteiger partial charge in [0.25, 0.3) is 0 Å². The standard InChI is InChI=1S/C12H24N2O3/c1-4-16-9-10(2)13-11(3)12(15)14-5-7-17-8-6-14/h10-11,13H,4-9H2,1-3H3. The van der Waals surface area contributed by atoms with E-state index in [1.165, 1.54) is 0 Å². The van der Waals surface area contributed by atoms with Crippen LogP contribution in [0.5, 0.6) is 0 Å². The molecule has 5 nitrogen and oxygen atoms in total. The third-order valence-electron chi connectivity index (χ3n) is 2.80. The molecule has 1 amide bonds. The van der Waals surface area contributed by atoms with E-state index in [4.69, 9.17) is 9.47 Å². The Morgan fingerprint density at radius 3 is 2.65 bits per heavy atom. The number of ether oxygens (including phenoxy) is 2. The average Bonchev–Trinajstić information content (AvgIpc) is 2.36. The summed E-state index contributed by atoms with van der Waals surface area (Å²) in [5.41, 5.74) is 0. The van der Waals surface area contributed by atoms with Gasteiger partial charge in [-0.05, 0) is 20.8 Å². The van der Waals surface area contributed by atoms with Gasteiger partial charge in [-0.15, -0.1) is 0 Å². The molecule has 1 N–H and O–H groups in total. The predicted octanol–water partition coefficient (Wildman–Crippen LogP) is 0.248.